The molecule has 7 nitrogen and oxygen atoms in total. The standard InChI is InChI=1S/C23H20F2N4O3.ClH/c24-16-6-4-12(18-7-5-13-21(30)14(23(31)32)8-27-22(13)28-18)19(25)20(16)29-9-11-2-1-3-17(26)15(11)10-29;/h1,3-8,11,15,17H,2,9-10,26H2,(H,31,32)(H,27,28,30);1H. The molecule has 3 unspecified atom stereocenters. The van der Waals surface area contributed by atoms with Gasteiger partial charge in [0.1, 0.15) is 22.7 Å². The van der Waals surface area contributed by atoms with Crippen molar-refractivity contribution in [1.82, 2.24) is 9.97 Å². The van der Waals surface area contributed by atoms with Gasteiger partial charge in [-0.15, -0.1) is 12.4 Å². The number of hydrogen-bond donors (Lipinski definition) is 3. The van der Waals surface area contributed by atoms with Crippen LogP contribution in [-0.2, 0) is 0 Å². The molecule has 3 heterocycles. The van der Waals surface area contributed by atoms with Gasteiger partial charge in [-0.1, -0.05) is 12.2 Å². The average molecular weight is 475 g/mol. The largest absolute Gasteiger partial charge is 0.477 e. The lowest BCUT2D eigenvalue weighted by Crippen LogP contribution is -2.35. The van der Waals surface area contributed by atoms with E-state index in [1.54, 1.807) is 4.90 Å². The quantitative estimate of drug-likeness (QED) is 0.502. The third kappa shape index (κ3) is 3.77. The Morgan fingerprint density at radius 3 is 2.73 bits per heavy atom. The lowest BCUT2D eigenvalue weighted by molar-refractivity contribution is 0.0695. The summed E-state index contributed by atoms with van der Waals surface area (Å²) < 4.78 is 30.3. The van der Waals surface area contributed by atoms with Gasteiger partial charge in [-0.3, -0.25) is 4.79 Å². The Bertz CT molecular complexity index is 1340. The van der Waals surface area contributed by atoms with Gasteiger partial charge in [0.2, 0.25) is 5.43 Å². The summed E-state index contributed by atoms with van der Waals surface area (Å²) in [6.07, 6.45) is 5.85. The van der Waals surface area contributed by atoms with Crippen LogP contribution in [0.4, 0.5) is 14.5 Å². The fourth-order valence-corrected chi connectivity index (χ4v) is 4.76. The highest BCUT2D eigenvalue weighted by molar-refractivity contribution is 5.91. The van der Waals surface area contributed by atoms with Gasteiger partial charge >= 0.3 is 5.97 Å². The predicted octanol–water partition coefficient (Wildman–Crippen LogP) is 3.33. The van der Waals surface area contributed by atoms with Crippen molar-refractivity contribution in [2.75, 3.05) is 18.0 Å². The Balaban J connectivity index is 0.00000259. The first-order chi connectivity index (χ1) is 15.3. The van der Waals surface area contributed by atoms with Crippen LogP contribution < -0.4 is 16.1 Å². The van der Waals surface area contributed by atoms with Crippen LogP contribution in [0.5, 0.6) is 0 Å². The minimum absolute atomic E-state index is 0. The van der Waals surface area contributed by atoms with Crippen LogP contribution in [0, 0.1) is 23.5 Å². The highest BCUT2D eigenvalue weighted by atomic mass is 35.5. The van der Waals surface area contributed by atoms with E-state index in [1.165, 1.54) is 24.3 Å². The number of fused-ring (bicyclic) bond motifs is 2. The molecule has 10 heteroatoms. The van der Waals surface area contributed by atoms with Gasteiger partial charge in [0.25, 0.3) is 0 Å². The van der Waals surface area contributed by atoms with Gasteiger partial charge in [0.05, 0.1) is 11.1 Å². The molecule has 3 atom stereocenters. The summed E-state index contributed by atoms with van der Waals surface area (Å²) in [6.45, 7) is 0.973. The van der Waals surface area contributed by atoms with Gasteiger partial charge in [0, 0.05) is 30.9 Å². The van der Waals surface area contributed by atoms with E-state index in [2.05, 4.69) is 9.97 Å². The van der Waals surface area contributed by atoms with Gasteiger partial charge in [0.15, 0.2) is 5.82 Å². The van der Waals surface area contributed by atoms with Gasteiger partial charge in [-0.05, 0) is 42.5 Å². The number of aromatic carboxylic acids is 1. The Labute approximate surface area is 193 Å². The van der Waals surface area contributed by atoms with Crippen molar-refractivity contribution in [1.29, 1.82) is 0 Å². The van der Waals surface area contributed by atoms with Crippen molar-refractivity contribution in [2.45, 2.75) is 12.5 Å². The minimum atomic E-state index is -1.35. The summed E-state index contributed by atoms with van der Waals surface area (Å²) in [5.74, 6) is -2.37. The molecular weight excluding hydrogens is 454 g/mol. The zero-order valence-corrected chi connectivity index (χ0v) is 18.1. The number of hydrogen-bond acceptors (Lipinski definition) is 5. The lowest BCUT2D eigenvalue weighted by atomic mass is 9.83. The predicted molar refractivity (Wildman–Crippen MR) is 123 cm³/mol. The summed E-state index contributed by atoms with van der Waals surface area (Å²) in [5.41, 5.74) is 5.37. The fourth-order valence-electron chi connectivity index (χ4n) is 4.76. The summed E-state index contributed by atoms with van der Waals surface area (Å²) in [5, 5.41) is 9.18. The molecule has 1 aliphatic carbocycles. The molecule has 0 amide bonds. The molecule has 4 N–H and O–H groups in total. The fraction of sp³-hybridized carbons (Fsp3) is 0.261. The number of anilines is 1. The molecule has 0 bridgehead atoms. The zero-order chi connectivity index (χ0) is 22.6. The summed E-state index contributed by atoms with van der Waals surface area (Å²) in [7, 11) is 0. The van der Waals surface area contributed by atoms with Crippen molar-refractivity contribution in [3.63, 3.8) is 0 Å². The van der Waals surface area contributed by atoms with E-state index in [-0.39, 0.29) is 58.3 Å². The molecule has 1 aromatic carbocycles. The average Bonchev–Trinajstić information content (AvgIpc) is 3.19. The highest BCUT2D eigenvalue weighted by Crippen LogP contribution is 2.39. The van der Waals surface area contributed by atoms with Gasteiger partial charge < -0.3 is 20.7 Å². The number of pyridine rings is 2. The van der Waals surface area contributed by atoms with Crippen LogP contribution in [-0.4, -0.2) is 40.2 Å². The molecule has 3 aromatic rings. The third-order valence-electron chi connectivity index (χ3n) is 6.41. The third-order valence-corrected chi connectivity index (χ3v) is 6.41. The van der Waals surface area contributed by atoms with E-state index in [4.69, 9.17) is 10.8 Å². The van der Waals surface area contributed by atoms with Gasteiger partial charge in [-0.25, -0.2) is 18.6 Å². The highest BCUT2D eigenvalue weighted by Gasteiger charge is 2.39. The minimum Gasteiger partial charge on any atom is -0.477 e. The Morgan fingerprint density at radius 1 is 1.21 bits per heavy atom. The molecule has 1 fully saturated rings. The number of rotatable bonds is 3. The first kappa shape index (κ1) is 22.9. The topological polar surface area (TPSA) is 112 Å². The van der Waals surface area contributed by atoms with Crippen molar-refractivity contribution in [2.24, 2.45) is 17.6 Å². The van der Waals surface area contributed by atoms with Crippen LogP contribution >= 0.6 is 12.4 Å². The molecule has 0 radical (unpaired) electrons. The zero-order valence-electron chi connectivity index (χ0n) is 17.3. The number of carboxylic acid groups (broad SMARTS) is 1. The lowest BCUT2D eigenvalue weighted by Gasteiger charge is -2.25. The second-order valence-electron chi connectivity index (χ2n) is 8.26. The van der Waals surface area contributed by atoms with E-state index in [1.807, 2.05) is 12.2 Å². The Hall–Kier alpha value is -3.30. The SMILES string of the molecule is Cl.NC1C=CCC2CN(c3c(F)ccc(-c4ccc5c(=O)c(C(=O)O)c[nH]c5n4)c3F)CC12. The van der Waals surface area contributed by atoms with E-state index in [0.29, 0.717) is 13.1 Å². The van der Waals surface area contributed by atoms with E-state index in [9.17, 15) is 14.0 Å². The number of nitrogens with one attached hydrogen (secondary N) is 1. The van der Waals surface area contributed by atoms with E-state index < -0.39 is 28.6 Å². The molecule has 172 valence electrons. The van der Waals surface area contributed by atoms with Crippen LogP contribution in [0.25, 0.3) is 22.3 Å². The van der Waals surface area contributed by atoms with E-state index >= 15 is 4.39 Å². The maximum Gasteiger partial charge on any atom is 0.341 e. The molecule has 0 spiro atoms. The molecular formula is C23H21ClF2N4O3. The van der Waals surface area contributed by atoms with Crippen molar-refractivity contribution >= 4 is 35.1 Å². The Morgan fingerprint density at radius 2 is 2.00 bits per heavy atom. The molecule has 2 aliphatic rings. The van der Waals surface area contributed by atoms with Crippen molar-refractivity contribution in [3.8, 4) is 11.3 Å². The number of allylic oxidation sites excluding steroid dienone is 1. The molecule has 2 aromatic heterocycles. The number of nitrogens with zero attached hydrogens (tertiary/aromatic N) is 2. The molecule has 0 saturated carbocycles. The number of halogens is 3. The Kier molecular flexibility index (Phi) is 5.94. The monoisotopic (exact) mass is 474 g/mol. The smallest absolute Gasteiger partial charge is 0.341 e. The summed E-state index contributed by atoms with van der Waals surface area (Å²) >= 11 is 0. The molecule has 33 heavy (non-hydrogen) atoms. The van der Waals surface area contributed by atoms with Crippen LogP contribution in [0.2, 0.25) is 0 Å². The number of carboxylic acids is 1. The molecule has 1 aliphatic heterocycles. The number of benzene rings is 1. The molecule has 5 rings (SSSR count). The maximum atomic E-state index is 15.6. The van der Waals surface area contributed by atoms with Crippen LogP contribution in [0.3, 0.4) is 0 Å². The van der Waals surface area contributed by atoms with Crippen molar-refractivity contribution in [3.05, 3.63) is 70.0 Å². The van der Waals surface area contributed by atoms with Crippen molar-refractivity contribution < 1.29 is 18.7 Å². The van der Waals surface area contributed by atoms with Crippen LogP contribution in [0.15, 0.2) is 47.4 Å². The first-order valence-corrected chi connectivity index (χ1v) is 10.3. The normalized spacial score (nSPS) is 21.7. The number of aromatic amines is 1. The van der Waals surface area contributed by atoms with Gasteiger partial charge in [-0.2, -0.15) is 0 Å². The second kappa shape index (κ2) is 8.57. The molecule has 1 saturated heterocycles. The summed E-state index contributed by atoms with van der Waals surface area (Å²) in [4.78, 5) is 32.2. The number of nitrogens with two attached hydrogens (primary N) is 1. The number of H-pyrrole nitrogens is 1. The first-order valence-electron chi connectivity index (χ1n) is 10.3. The number of carbonyl (C=O) groups is 1. The summed E-state index contributed by atoms with van der Waals surface area (Å²) in [6, 6.07) is 5.19. The number of aromatic nitrogens is 2. The second-order valence-corrected chi connectivity index (χ2v) is 8.26. The van der Waals surface area contributed by atoms with E-state index in [0.717, 1.165) is 12.6 Å². The van der Waals surface area contributed by atoms with Crippen LogP contribution in [0.1, 0.15) is 16.8 Å². The maximum absolute atomic E-state index is 15.6.